The number of hydrogen-bond acceptors (Lipinski definition) is 8. The SMILES string of the molecule is CCCCN(CCCN(CCCCN(CCCN(CCCCOP(O/C=N/CC)N(C(C)C)C(C)C)C(=O)C(F)(F)F)C(=O)C(F)(F)F)C(=O)C(F)(F)F)C(=O)C(F)(F)F. The van der Waals surface area contributed by atoms with Gasteiger partial charge >= 0.3 is 56.9 Å². The van der Waals surface area contributed by atoms with Crippen LogP contribution in [0.3, 0.4) is 0 Å². The summed E-state index contributed by atoms with van der Waals surface area (Å²) in [4.78, 5) is 53.4. The van der Waals surface area contributed by atoms with E-state index in [1.807, 2.05) is 32.4 Å². The summed E-state index contributed by atoms with van der Waals surface area (Å²) in [6.07, 6.45) is -21.5. The van der Waals surface area contributed by atoms with E-state index in [2.05, 4.69) is 4.99 Å². The zero-order valence-corrected chi connectivity index (χ0v) is 35.5. The molecule has 4 amide bonds. The number of unbranched alkanes of at least 4 members (excludes halogenated alkanes) is 3. The Kier molecular flexibility index (Phi) is 25.6. The van der Waals surface area contributed by atoms with Gasteiger partial charge in [-0.25, -0.2) is 4.67 Å². The van der Waals surface area contributed by atoms with Crippen molar-refractivity contribution in [1.82, 2.24) is 24.3 Å². The standard InChI is InChI=1S/C35H57F12N6O6P/c1-7-9-16-49(28(54)32(36,37)38)20-14-21-50(29(55)33(39,40)41)17-10-11-18-51(30(56)34(42,43)44)22-15-23-52(31(57)35(45,46)47)19-12-13-24-58-60(59-25-48-8-2)53(26(3)4)27(5)6/h25-27H,7-24H2,1-6H3/b48-25+. The Morgan fingerprint density at radius 2 is 0.817 bits per heavy atom. The Labute approximate surface area is 343 Å². The second-order valence-corrected chi connectivity index (χ2v) is 15.4. The molecule has 0 rings (SSSR count). The van der Waals surface area contributed by atoms with Crippen LogP contribution in [0, 0.1) is 0 Å². The van der Waals surface area contributed by atoms with Crippen molar-refractivity contribution in [2.75, 3.05) is 65.5 Å². The van der Waals surface area contributed by atoms with E-state index in [1.165, 1.54) is 6.40 Å². The molecule has 0 saturated carbocycles. The molecule has 0 radical (unpaired) electrons. The van der Waals surface area contributed by atoms with E-state index in [9.17, 15) is 71.9 Å². The Bertz CT molecular complexity index is 1310. The van der Waals surface area contributed by atoms with Gasteiger partial charge in [0.15, 0.2) is 6.40 Å². The molecule has 0 N–H and O–H groups in total. The Morgan fingerprint density at radius 3 is 1.10 bits per heavy atom. The number of carbonyl (C=O) groups is 4. The van der Waals surface area contributed by atoms with E-state index in [0.29, 0.717) is 22.8 Å². The van der Waals surface area contributed by atoms with E-state index in [0.717, 1.165) is 0 Å². The third kappa shape index (κ3) is 22.1. The second kappa shape index (κ2) is 27.0. The lowest BCUT2D eigenvalue weighted by Gasteiger charge is -2.34. The van der Waals surface area contributed by atoms with Crippen molar-refractivity contribution in [3.63, 3.8) is 0 Å². The van der Waals surface area contributed by atoms with E-state index in [1.54, 1.807) is 13.8 Å². The quantitative estimate of drug-likeness (QED) is 0.0256. The fourth-order valence-corrected chi connectivity index (χ4v) is 7.15. The van der Waals surface area contributed by atoms with Gasteiger partial charge in [-0.2, -0.15) is 52.7 Å². The predicted molar refractivity (Wildman–Crippen MR) is 198 cm³/mol. The van der Waals surface area contributed by atoms with Crippen LogP contribution in [0.4, 0.5) is 52.7 Å². The van der Waals surface area contributed by atoms with Gasteiger partial charge in [0, 0.05) is 71.0 Å². The zero-order valence-electron chi connectivity index (χ0n) is 34.6. The molecule has 0 aromatic rings. The van der Waals surface area contributed by atoms with Gasteiger partial charge < -0.3 is 28.6 Å². The molecule has 25 heteroatoms. The second-order valence-electron chi connectivity index (χ2n) is 14.0. The molecule has 0 aliphatic heterocycles. The van der Waals surface area contributed by atoms with Crippen molar-refractivity contribution in [2.45, 2.75) is 130 Å². The largest absolute Gasteiger partial charge is 0.471 e. The van der Waals surface area contributed by atoms with Crippen molar-refractivity contribution >= 4 is 38.6 Å². The minimum atomic E-state index is -5.45. The molecule has 12 nitrogen and oxygen atoms in total. The molecule has 0 heterocycles. The molecule has 0 spiro atoms. The molecule has 0 aromatic heterocycles. The van der Waals surface area contributed by atoms with Gasteiger partial charge in [-0.1, -0.05) is 13.3 Å². The maximum absolute atomic E-state index is 13.5. The maximum atomic E-state index is 13.5. The van der Waals surface area contributed by atoms with E-state index >= 15 is 0 Å². The lowest BCUT2D eigenvalue weighted by Crippen LogP contribution is -2.46. The first-order chi connectivity index (χ1) is 27.6. The van der Waals surface area contributed by atoms with E-state index < -0.39 is 128 Å². The van der Waals surface area contributed by atoms with Gasteiger partial charge in [0.1, 0.15) is 0 Å². The highest BCUT2D eigenvalue weighted by molar-refractivity contribution is 7.45. The minimum absolute atomic E-state index is 0.00461. The van der Waals surface area contributed by atoms with Crippen LogP contribution in [-0.2, 0) is 28.2 Å². The fraction of sp³-hybridized carbons (Fsp3) is 0.857. The lowest BCUT2D eigenvalue weighted by molar-refractivity contribution is -0.187. The first-order valence-electron chi connectivity index (χ1n) is 19.4. The first-order valence-corrected chi connectivity index (χ1v) is 20.5. The van der Waals surface area contributed by atoms with Crippen LogP contribution in [0.25, 0.3) is 0 Å². The van der Waals surface area contributed by atoms with Crippen LogP contribution in [0.15, 0.2) is 4.99 Å². The third-order valence-electron chi connectivity index (χ3n) is 8.38. The van der Waals surface area contributed by atoms with Crippen molar-refractivity contribution in [3.8, 4) is 0 Å². The van der Waals surface area contributed by atoms with Gasteiger partial charge in [0.25, 0.3) is 0 Å². The monoisotopic (exact) mass is 916 g/mol. The molecule has 352 valence electrons. The highest BCUT2D eigenvalue weighted by atomic mass is 31.2. The summed E-state index contributed by atoms with van der Waals surface area (Å²) in [6, 6.07) is -0.0348. The summed E-state index contributed by atoms with van der Waals surface area (Å²) in [5.41, 5.74) is 0. The van der Waals surface area contributed by atoms with Crippen LogP contribution >= 0.6 is 8.53 Å². The van der Waals surface area contributed by atoms with E-state index in [4.69, 9.17) is 9.05 Å². The summed E-state index contributed by atoms with van der Waals surface area (Å²) >= 11 is 0. The van der Waals surface area contributed by atoms with Gasteiger partial charge in [-0.05, 0) is 79.6 Å². The first kappa shape index (κ1) is 56.9. The smallest absolute Gasteiger partial charge is 0.425 e. The summed E-state index contributed by atoms with van der Waals surface area (Å²) in [7, 11) is -1.66. The Morgan fingerprint density at radius 1 is 0.517 bits per heavy atom. The Hall–Kier alpha value is -3.14. The molecule has 0 aliphatic rings. The maximum Gasteiger partial charge on any atom is 0.471 e. The van der Waals surface area contributed by atoms with Crippen LogP contribution in [-0.4, -0.2) is 157 Å². The summed E-state index contributed by atoms with van der Waals surface area (Å²) < 4.78 is 173. The molecular formula is C35H57F12N6O6P. The van der Waals surface area contributed by atoms with Crippen molar-refractivity contribution < 1.29 is 80.9 Å². The molecule has 0 aliphatic carbocycles. The average Bonchev–Trinajstić information content (AvgIpc) is 3.12. The molecule has 1 unspecified atom stereocenters. The lowest BCUT2D eigenvalue weighted by atomic mass is 10.2. The molecule has 0 aromatic carbocycles. The number of alkyl halides is 12. The van der Waals surface area contributed by atoms with Crippen LogP contribution in [0.5, 0.6) is 0 Å². The number of amides is 4. The van der Waals surface area contributed by atoms with Crippen molar-refractivity contribution in [2.24, 2.45) is 4.99 Å². The summed E-state index contributed by atoms with van der Waals surface area (Å²) in [5.74, 6) is -9.28. The van der Waals surface area contributed by atoms with E-state index in [-0.39, 0.29) is 54.3 Å². The van der Waals surface area contributed by atoms with Crippen LogP contribution < -0.4 is 0 Å². The zero-order chi connectivity index (χ0) is 46.5. The number of aliphatic imine (C=N–C) groups is 1. The molecule has 60 heavy (non-hydrogen) atoms. The average molecular weight is 917 g/mol. The van der Waals surface area contributed by atoms with Crippen LogP contribution in [0.1, 0.15) is 92.9 Å². The van der Waals surface area contributed by atoms with Gasteiger partial charge in [-0.3, -0.25) is 24.2 Å². The Balaban J connectivity index is 5.67. The van der Waals surface area contributed by atoms with Crippen molar-refractivity contribution in [1.29, 1.82) is 0 Å². The van der Waals surface area contributed by atoms with Crippen molar-refractivity contribution in [3.05, 3.63) is 0 Å². The third-order valence-corrected chi connectivity index (χ3v) is 10.4. The number of rotatable bonds is 28. The fourth-order valence-electron chi connectivity index (χ4n) is 5.66. The topological polar surface area (TPSA) is 115 Å². The molecule has 0 fully saturated rings. The highest BCUT2D eigenvalue weighted by Crippen LogP contribution is 2.45. The molecule has 1 atom stereocenters. The van der Waals surface area contributed by atoms with Gasteiger partial charge in [0.2, 0.25) is 0 Å². The number of carbonyl (C=O) groups excluding carboxylic acids is 4. The molecular weight excluding hydrogens is 859 g/mol. The summed E-state index contributed by atoms with van der Waals surface area (Å²) in [6.45, 7) is 6.16. The van der Waals surface area contributed by atoms with Gasteiger partial charge in [0.05, 0.1) is 6.61 Å². The number of nitrogens with zero attached hydrogens (tertiary/aromatic N) is 6. The molecule has 0 saturated heterocycles. The normalized spacial score (nSPS) is 13.3. The minimum Gasteiger partial charge on any atom is -0.425 e. The highest BCUT2D eigenvalue weighted by Gasteiger charge is 2.45. The summed E-state index contributed by atoms with van der Waals surface area (Å²) in [5, 5.41) is 0. The van der Waals surface area contributed by atoms with Gasteiger partial charge in [-0.15, -0.1) is 0 Å². The predicted octanol–water partition coefficient (Wildman–Crippen LogP) is 8.12. The number of halogens is 12. The van der Waals surface area contributed by atoms with Crippen LogP contribution in [0.2, 0.25) is 0 Å². The molecule has 0 bridgehead atoms. The number of hydrogen-bond donors (Lipinski definition) is 0.